The average molecular weight is 357 g/mol. The molecule has 1 aromatic heterocycles. The van der Waals surface area contributed by atoms with Crippen LogP contribution in [0.5, 0.6) is 0 Å². The van der Waals surface area contributed by atoms with Crippen LogP contribution in [0.3, 0.4) is 0 Å². The predicted molar refractivity (Wildman–Crippen MR) is 95.4 cm³/mol. The van der Waals surface area contributed by atoms with Crippen LogP contribution in [0.1, 0.15) is 60.3 Å². The summed E-state index contributed by atoms with van der Waals surface area (Å²) in [5.74, 6) is 2.17. The number of piperidine rings is 1. The molecule has 0 unspecified atom stereocenters. The topological polar surface area (TPSA) is 58.4 Å². The summed E-state index contributed by atoms with van der Waals surface area (Å²) in [6, 6.07) is 4.92. The molecule has 138 valence electrons. The van der Waals surface area contributed by atoms with Gasteiger partial charge in [-0.2, -0.15) is 0 Å². The van der Waals surface area contributed by atoms with E-state index in [2.05, 4.69) is 10.3 Å². The highest BCUT2D eigenvalue weighted by atomic mass is 19.1. The molecule has 0 bridgehead atoms. The number of benzene rings is 1. The lowest BCUT2D eigenvalue weighted by molar-refractivity contribution is 0.180. The van der Waals surface area contributed by atoms with E-state index in [9.17, 15) is 9.18 Å². The second-order valence-electron chi connectivity index (χ2n) is 7.36. The first-order chi connectivity index (χ1) is 12.6. The van der Waals surface area contributed by atoms with Crippen molar-refractivity contribution >= 4 is 6.03 Å². The van der Waals surface area contributed by atoms with E-state index in [1.54, 1.807) is 12.3 Å². The SMILES string of the molecule is Cc1cc(F)ccc1C1CCN(C(=O)NCc2cnc(C3CC3)o2)CC1. The van der Waals surface area contributed by atoms with Gasteiger partial charge in [-0.15, -0.1) is 0 Å². The van der Waals surface area contributed by atoms with E-state index in [-0.39, 0.29) is 11.8 Å². The lowest BCUT2D eigenvalue weighted by atomic mass is 9.87. The molecule has 1 aliphatic heterocycles. The summed E-state index contributed by atoms with van der Waals surface area (Å²) >= 11 is 0. The second kappa shape index (κ2) is 7.09. The minimum atomic E-state index is -0.194. The minimum absolute atomic E-state index is 0.0661. The van der Waals surface area contributed by atoms with Gasteiger partial charge in [0.1, 0.15) is 11.6 Å². The number of likely N-dealkylation sites (tertiary alicyclic amines) is 1. The molecule has 5 nitrogen and oxygen atoms in total. The number of nitrogens with one attached hydrogen (secondary N) is 1. The van der Waals surface area contributed by atoms with Crippen LogP contribution in [0.4, 0.5) is 9.18 Å². The standard InChI is InChI=1S/C20H24FN3O2/c1-13-10-16(21)4-5-18(13)14-6-8-24(9-7-14)20(25)23-12-17-11-22-19(26-17)15-2-3-15/h4-5,10-11,14-15H,2-3,6-9,12H2,1H3,(H,23,25). The highest BCUT2D eigenvalue weighted by Crippen LogP contribution is 2.39. The van der Waals surface area contributed by atoms with Gasteiger partial charge in [0, 0.05) is 19.0 Å². The van der Waals surface area contributed by atoms with Gasteiger partial charge in [-0.05, 0) is 61.8 Å². The molecule has 1 aromatic carbocycles. The molecule has 1 saturated heterocycles. The number of oxazole rings is 1. The van der Waals surface area contributed by atoms with Crippen molar-refractivity contribution in [1.29, 1.82) is 0 Å². The van der Waals surface area contributed by atoms with Crippen molar-refractivity contribution in [1.82, 2.24) is 15.2 Å². The van der Waals surface area contributed by atoms with Crippen LogP contribution in [0, 0.1) is 12.7 Å². The highest BCUT2D eigenvalue weighted by Gasteiger charge is 2.29. The summed E-state index contributed by atoms with van der Waals surface area (Å²) < 4.78 is 19.0. The lowest BCUT2D eigenvalue weighted by Crippen LogP contribution is -2.43. The fraction of sp³-hybridized carbons (Fsp3) is 0.500. The van der Waals surface area contributed by atoms with Gasteiger partial charge in [0.2, 0.25) is 0 Å². The minimum Gasteiger partial charge on any atom is -0.444 e. The molecule has 4 rings (SSSR count). The first kappa shape index (κ1) is 17.1. The van der Waals surface area contributed by atoms with Crippen molar-refractivity contribution in [3.63, 3.8) is 0 Å². The van der Waals surface area contributed by atoms with Crippen molar-refractivity contribution in [3.8, 4) is 0 Å². The summed E-state index contributed by atoms with van der Waals surface area (Å²) in [6.07, 6.45) is 5.79. The molecule has 1 aliphatic carbocycles. The molecule has 2 amide bonds. The second-order valence-corrected chi connectivity index (χ2v) is 7.36. The van der Waals surface area contributed by atoms with Gasteiger partial charge in [-0.25, -0.2) is 14.2 Å². The molecule has 6 heteroatoms. The number of halogens is 1. The summed E-state index contributed by atoms with van der Waals surface area (Å²) in [5.41, 5.74) is 2.19. The average Bonchev–Trinajstić information content (AvgIpc) is 3.38. The van der Waals surface area contributed by atoms with Crippen molar-refractivity contribution in [2.75, 3.05) is 13.1 Å². The van der Waals surface area contributed by atoms with E-state index in [1.807, 2.05) is 17.9 Å². The van der Waals surface area contributed by atoms with E-state index in [4.69, 9.17) is 4.42 Å². The molecule has 2 aliphatic rings. The Morgan fingerprint density at radius 3 is 2.73 bits per heavy atom. The van der Waals surface area contributed by atoms with Gasteiger partial charge in [0.05, 0.1) is 12.7 Å². The molecule has 1 N–H and O–H groups in total. The third-order valence-corrected chi connectivity index (χ3v) is 5.37. The van der Waals surface area contributed by atoms with Crippen LogP contribution >= 0.6 is 0 Å². The molecule has 0 spiro atoms. The van der Waals surface area contributed by atoms with E-state index in [0.717, 1.165) is 37.1 Å². The summed E-state index contributed by atoms with van der Waals surface area (Å²) in [4.78, 5) is 18.5. The maximum absolute atomic E-state index is 13.3. The predicted octanol–water partition coefficient (Wildman–Crippen LogP) is 4.09. The fourth-order valence-electron chi connectivity index (χ4n) is 3.69. The van der Waals surface area contributed by atoms with Crippen LogP contribution in [0.2, 0.25) is 0 Å². The number of hydrogen-bond donors (Lipinski definition) is 1. The van der Waals surface area contributed by atoms with E-state index in [1.165, 1.54) is 11.6 Å². The number of carbonyl (C=O) groups is 1. The number of carbonyl (C=O) groups excluding carboxylic acids is 1. The molecule has 1 saturated carbocycles. The molecule has 26 heavy (non-hydrogen) atoms. The monoisotopic (exact) mass is 357 g/mol. The van der Waals surface area contributed by atoms with E-state index in [0.29, 0.717) is 37.2 Å². The Morgan fingerprint density at radius 1 is 1.27 bits per heavy atom. The van der Waals surface area contributed by atoms with Gasteiger partial charge >= 0.3 is 6.03 Å². The Kier molecular flexibility index (Phi) is 4.66. The Bertz CT molecular complexity index is 792. The highest BCUT2D eigenvalue weighted by molar-refractivity contribution is 5.74. The quantitative estimate of drug-likeness (QED) is 0.897. The normalized spacial score (nSPS) is 18.2. The van der Waals surface area contributed by atoms with Crippen LogP contribution in [0.15, 0.2) is 28.8 Å². The largest absolute Gasteiger partial charge is 0.444 e. The van der Waals surface area contributed by atoms with E-state index >= 15 is 0 Å². The number of aromatic nitrogens is 1. The van der Waals surface area contributed by atoms with Gasteiger partial charge < -0.3 is 14.6 Å². The number of nitrogens with zero attached hydrogens (tertiary/aromatic N) is 2. The number of amides is 2. The number of rotatable bonds is 4. The molecule has 2 heterocycles. The number of hydrogen-bond acceptors (Lipinski definition) is 3. The molecular weight excluding hydrogens is 333 g/mol. The summed E-state index contributed by atoms with van der Waals surface area (Å²) in [7, 11) is 0. The Labute approximate surface area is 152 Å². The Balaban J connectivity index is 1.27. The van der Waals surface area contributed by atoms with Gasteiger partial charge in [0.25, 0.3) is 0 Å². The smallest absolute Gasteiger partial charge is 0.317 e. The summed E-state index contributed by atoms with van der Waals surface area (Å²) in [6.45, 7) is 3.73. The lowest BCUT2D eigenvalue weighted by Gasteiger charge is -2.32. The zero-order chi connectivity index (χ0) is 18.1. The van der Waals surface area contributed by atoms with Crippen molar-refractivity contribution < 1.29 is 13.6 Å². The first-order valence-corrected chi connectivity index (χ1v) is 9.33. The van der Waals surface area contributed by atoms with Gasteiger partial charge in [0.15, 0.2) is 5.89 Å². The zero-order valence-electron chi connectivity index (χ0n) is 15.0. The maximum Gasteiger partial charge on any atom is 0.317 e. The molecule has 2 fully saturated rings. The number of aryl methyl sites for hydroxylation is 1. The van der Waals surface area contributed by atoms with Crippen molar-refractivity contribution in [2.45, 2.75) is 51.0 Å². The van der Waals surface area contributed by atoms with Crippen molar-refractivity contribution in [3.05, 3.63) is 53.0 Å². The number of urea groups is 1. The van der Waals surface area contributed by atoms with Gasteiger partial charge in [-0.1, -0.05) is 6.07 Å². The van der Waals surface area contributed by atoms with Crippen LogP contribution < -0.4 is 5.32 Å². The molecule has 2 aromatic rings. The molecular formula is C20H24FN3O2. The third-order valence-electron chi connectivity index (χ3n) is 5.37. The van der Waals surface area contributed by atoms with Gasteiger partial charge in [-0.3, -0.25) is 0 Å². The molecule has 0 atom stereocenters. The maximum atomic E-state index is 13.3. The van der Waals surface area contributed by atoms with Crippen LogP contribution in [-0.4, -0.2) is 29.0 Å². The Hall–Kier alpha value is -2.37. The summed E-state index contributed by atoms with van der Waals surface area (Å²) in [5, 5.41) is 2.92. The third kappa shape index (κ3) is 3.74. The van der Waals surface area contributed by atoms with E-state index < -0.39 is 0 Å². The van der Waals surface area contributed by atoms with Crippen LogP contribution in [-0.2, 0) is 6.54 Å². The Morgan fingerprint density at radius 2 is 2.04 bits per heavy atom. The zero-order valence-corrected chi connectivity index (χ0v) is 15.0. The van der Waals surface area contributed by atoms with Crippen LogP contribution in [0.25, 0.3) is 0 Å². The first-order valence-electron chi connectivity index (χ1n) is 9.33. The van der Waals surface area contributed by atoms with Crippen molar-refractivity contribution in [2.24, 2.45) is 0 Å². The fourth-order valence-corrected chi connectivity index (χ4v) is 3.69. The molecule has 0 radical (unpaired) electrons.